The molecule has 7 heteroatoms. The summed E-state index contributed by atoms with van der Waals surface area (Å²) in [5, 5.41) is 10.9. The standard InChI is InChI=1S/C18H20N4O3/c19-18(23)17(14-5-2-1-3-6-14)21-11-9-20(10-12-21)15-7-4-8-16(13-15)22(24)25/h1-8,13,17H,9-12H2,(H2,19,23). The lowest BCUT2D eigenvalue weighted by Crippen LogP contribution is -2.50. The Morgan fingerprint density at radius 3 is 2.32 bits per heavy atom. The molecule has 2 aromatic rings. The molecule has 1 atom stereocenters. The first-order valence-electron chi connectivity index (χ1n) is 8.14. The molecule has 3 rings (SSSR count). The van der Waals surface area contributed by atoms with Crippen molar-refractivity contribution >= 4 is 17.3 Å². The van der Waals surface area contributed by atoms with Crippen LogP contribution in [0.25, 0.3) is 0 Å². The highest BCUT2D eigenvalue weighted by molar-refractivity contribution is 5.81. The van der Waals surface area contributed by atoms with E-state index in [1.54, 1.807) is 12.1 Å². The highest BCUT2D eigenvalue weighted by Crippen LogP contribution is 2.26. The minimum Gasteiger partial charge on any atom is -0.369 e. The van der Waals surface area contributed by atoms with E-state index in [2.05, 4.69) is 9.80 Å². The van der Waals surface area contributed by atoms with E-state index in [-0.39, 0.29) is 11.6 Å². The summed E-state index contributed by atoms with van der Waals surface area (Å²) in [6, 6.07) is 15.7. The average Bonchev–Trinajstić information content (AvgIpc) is 2.63. The molecule has 1 heterocycles. The molecule has 1 saturated heterocycles. The van der Waals surface area contributed by atoms with E-state index in [1.807, 2.05) is 36.4 Å². The first-order chi connectivity index (χ1) is 12.1. The van der Waals surface area contributed by atoms with Crippen LogP contribution in [0.15, 0.2) is 54.6 Å². The molecule has 130 valence electrons. The second-order valence-electron chi connectivity index (χ2n) is 6.02. The number of rotatable bonds is 5. The number of primary amides is 1. The summed E-state index contributed by atoms with van der Waals surface area (Å²) in [5.74, 6) is -0.366. The van der Waals surface area contributed by atoms with E-state index in [9.17, 15) is 14.9 Å². The van der Waals surface area contributed by atoms with E-state index < -0.39 is 11.0 Å². The number of amides is 1. The molecule has 0 aromatic heterocycles. The average molecular weight is 340 g/mol. The summed E-state index contributed by atoms with van der Waals surface area (Å²) in [4.78, 5) is 26.7. The van der Waals surface area contributed by atoms with Crippen LogP contribution in [0.4, 0.5) is 11.4 Å². The number of carbonyl (C=O) groups is 1. The Labute approximate surface area is 145 Å². The van der Waals surface area contributed by atoms with Crippen molar-refractivity contribution in [2.24, 2.45) is 5.73 Å². The zero-order chi connectivity index (χ0) is 17.8. The fraction of sp³-hybridized carbons (Fsp3) is 0.278. The Hall–Kier alpha value is -2.93. The van der Waals surface area contributed by atoms with E-state index >= 15 is 0 Å². The van der Waals surface area contributed by atoms with Gasteiger partial charge in [-0.1, -0.05) is 36.4 Å². The lowest BCUT2D eigenvalue weighted by atomic mass is 10.0. The van der Waals surface area contributed by atoms with Crippen LogP contribution in [0.1, 0.15) is 11.6 Å². The van der Waals surface area contributed by atoms with E-state index in [4.69, 9.17) is 5.73 Å². The molecular weight excluding hydrogens is 320 g/mol. The molecule has 0 saturated carbocycles. The predicted molar refractivity (Wildman–Crippen MR) is 95.3 cm³/mol. The number of hydrogen-bond donors (Lipinski definition) is 1. The zero-order valence-corrected chi connectivity index (χ0v) is 13.7. The highest BCUT2D eigenvalue weighted by atomic mass is 16.6. The molecular formula is C18H20N4O3. The van der Waals surface area contributed by atoms with Crippen LogP contribution in [0, 0.1) is 10.1 Å². The first kappa shape index (κ1) is 16.9. The van der Waals surface area contributed by atoms with Gasteiger partial charge in [-0.3, -0.25) is 19.8 Å². The number of non-ortho nitro benzene ring substituents is 1. The molecule has 7 nitrogen and oxygen atoms in total. The van der Waals surface area contributed by atoms with Gasteiger partial charge in [0.1, 0.15) is 6.04 Å². The largest absolute Gasteiger partial charge is 0.369 e. The molecule has 1 fully saturated rings. The Morgan fingerprint density at radius 2 is 1.72 bits per heavy atom. The van der Waals surface area contributed by atoms with Crippen molar-refractivity contribution in [3.63, 3.8) is 0 Å². The Balaban J connectivity index is 1.71. The molecule has 1 aliphatic heterocycles. The maximum Gasteiger partial charge on any atom is 0.271 e. The topological polar surface area (TPSA) is 92.7 Å². The first-order valence-corrected chi connectivity index (χ1v) is 8.14. The maximum atomic E-state index is 12.0. The quantitative estimate of drug-likeness (QED) is 0.663. The lowest BCUT2D eigenvalue weighted by Gasteiger charge is -2.39. The van der Waals surface area contributed by atoms with Gasteiger partial charge in [0, 0.05) is 44.0 Å². The van der Waals surface area contributed by atoms with Gasteiger partial charge in [0.2, 0.25) is 5.91 Å². The van der Waals surface area contributed by atoms with Crippen LogP contribution in [0.3, 0.4) is 0 Å². The van der Waals surface area contributed by atoms with Gasteiger partial charge in [-0.05, 0) is 11.6 Å². The van der Waals surface area contributed by atoms with E-state index in [0.29, 0.717) is 26.2 Å². The molecule has 2 aromatic carbocycles. The van der Waals surface area contributed by atoms with Gasteiger partial charge in [0.15, 0.2) is 0 Å². The normalized spacial score (nSPS) is 16.4. The second kappa shape index (κ2) is 7.31. The molecule has 25 heavy (non-hydrogen) atoms. The fourth-order valence-corrected chi connectivity index (χ4v) is 3.23. The van der Waals surface area contributed by atoms with Crippen LogP contribution >= 0.6 is 0 Å². The zero-order valence-electron chi connectivity index (χ0n) is 13.7. The van der Waals surface area contributed by atoms with Gasteiger partial charge in [-0.25, -0.2) is 0 Å². The fourth-order valence-electron chi connectivity index (χ4n) is 3.23. The Kier molecular flexibility index (Phi) is 4.95. The third-order valence-electron chi connectivity index (χ3n) is 4.47. The number of hydrogen-bond acceptors (Lipinski definition) is 5. The molecule has 0 spiro atoms. The smallest absolute Gasteiger partial charge is 0.271 e. The predicted octanol–water partition coefficient (Wildman–Crippen LogP) is 1.94. The second-order valence-corrected chi connectivity index (χ2v) is 6.02. The van der Waals surface area contributed by atoms with Crippen molar-refractivity contribution in [3.8, 4) is 0 Å². The van der Waals surface area contributed by atoms with Gasteiger partial charge < -0.3 is 10.6 Å². The van der Waals surface area contributed by atoms with Gasteiger partial charge >= 0.3 is 0 Å². The van der Waals surface area contributed by atoms with Crippen molar-refractivity contribution in [3.05, 3.63) is 70.3 Å². The molecule has 1 aliphatic rings. The Morgan fingerprint density at radius 1 is 1.04 bits per heavy atom. The van der Waals surface area contributed by atoms with E-state index in [0.717, 1.165) is 11.3 Å². The summed E-state index contributed by atoms with van der Waals surface area (Å²) in [6.07, 6.45) is 0. The Bertz CT molecular complexity index is 758. The number of nitrogens with zero attached hydrogens (tertiary/aromatic N) is 3. The molecule has 0 bridgehead atoms. The molecule has 0 radical (unpaired) electrons. The summed E-state index contributed by atoms with van der Waals surface area (Å²) < 4.78 is 0. The molecule has 2 N–H and O–H groups in total. The van der Waals surface area contributed by atoms with Crippen molar-refractivity contribution in [2.45, 2.75) is 6.04 Å². The van der Waals surface area contributed by atoms with Gasteiger partial charge in [-0.2, -0.15) is 0 Å². The van der Waals surface area contributed by atoms with Crippen LogP contribution in [-0.2, 0) is 4.79 Å². The van der Waals surface area contributed by atoms with Gasteiger partial charge in [-0.15, -0.1) is 0 Å². The third-order valence-corrected chi connectivity index (χ3v) is 4.47. The summed E-state index contributed by atoms with van der Waals surface area (Å²) in [7, 11) is 0. The maximum absolute atomic E-state index is 12.0. The summed E-state index contributed by atoms with van der Waals surface area (Å²) in [6.45, 7) is 2.67. The van der Waals surface area contributed by atoms with Crippen molar-refractivity contribution < 1.29 is 9.72 Å². The minimum absolute atomic E-state index is 0.0826. The van der Waals surface area contributed by atoms with Crippen molar-refractivity contribution in [1.82, 2.24) is 4.90 Å². The SMILES string of the molecule is NC(=O)C(c1ccccc1)N1CCN(c2cccc([N+](=O)[O-])c2)CC1. The number of carbonyl (C=O) groups excluding carboxylic acids is 1. The number of anilines is 1. The third kappa shape index (κ3) is 3.77. The summed E-state index contributed by atoms with van der Waals surface area (Å²) in [5.41, 5.74) is 7.42. The van der Waals surface area contributed by atoms with Gasteiger partial charge in [0.25, 0.3) is 5.69 Å². The van der Waals surface area contributed by atoms with Crippen molar-refractivity contribution in [1.29, 1.82) is 0 Å². The molecule has 0 aliphatic carbocycles. The summed E-state index contributed by atoms with van der Waals surface area (Å²) >= 11 is 0. The highest BCUT2D eigenvalue weighted by Gasteiger charge is 2.29. The monoisotopic (exact) mass is 340 g/mol. The van der Waals surface area contributed by atoms with E-state index in [1.165, 1.54) is 6.07 Å². The number of benzene rings is 2. The number of nitro groups is 1. The molecule has 1 unspecified atom stereocenters. The van der Waals surface area contributed by atoms with Crippen LogP contribution in [-0.4, -0.2) is 41.9 Å². The minimum atomic E-state index is -0.451. The molecule has 1 amide bonds. The van der Waals surface area contributed by atoms with Crippen LogP contribution in [0.5, 0.6) is 0 Å². The van der Waals surface area contributed by atoms with Crippen molar-refractivity contribution in [2.75, 3.05) is 31.1 Å². The number of nitro benzene ring substituents is 1. The van der Waals surface area contributed by atoms with Crippen LogP contribution in [0.2, 0.25) is 0 Å². The lowest BCUT2D eigenvalue weighted by molar-refractivity contribution is -0.384. The van der Waals surface area contributed by atoms with Crippen LogP contribution < -0.4 is 10.6 Å². The number of piperazine rings is 1. The number of nitrogens with two attached hydrogens (primary N) is 1. The van der Waals surface area contributed by atoms with Gasteiger partial charge in [0.05, 0.1) is 4.92 Å².